The number of benzene rings is 1. The number of hydrogen-bond donors (Lipinski definition) is 3. The van der Waals surface area contributed by atoms with Crippen molar-refractivity contribution in [1.82, 2.24) is 10.2 Å². The van der Waals surface area contributed by atoms with Crippen LogP contribution in [-0.2, 0) is 6.18 Å². The van der Waals surface area contributed by atoms with E-state index in [1.165, 1.54) is 12.1 Å². The number of rotatable bonds is 4. The first-order valence-corrected chi connectivity index (χ1v) is 8.29. The molecule has 6 nitrogen and oxygen atoms in total. The van der Waals surface area contributed by atoms with Crippen LogP contribution >= 0.6 is 0 Å². The number of aromatic amines is 1. The number of aromatic nitrogens is 2. The molecule has 1 fully saturated rings. The molecule has 3 rings (SSSR count). The van der Waals surface area contributed by atoms with Gasteiger partial charge in [0.05, 0.1) is 5.56 Å². The van der Waals surface area contributed by atoms with Gasteiger partial charge in [0.15, 0.2) is 0 Å². The number of nitrogens with one attached hydrogen (secondary N) is 2. The first-order valence-electron chi connectivity index (χ1n) is 8.29. The third kappa shape index (κ3) is 3.23. The van der Waals surface area contributed by atoms with Crippen molar-refractivity contribution in [1.29, 1.82) is 0 Å². The van der Waals surface area contributed by atoms with E-state index < -0.39 is 17.5 Å². The number of nitrogens with two attached hydrogens (primary N) is 1. The Labute approximate surface area is 148 Å². The van der Waals surface area contributed by atoms with Crippen LogP contribution < -0.4 is 16.8 Å². The van der Waals surface area contributed by atoms with Crippen LogP contribution in [0.3, 0.4) is 0 Å². The van der Waals surface area contributed by atoms with Crippen molar-refractivity contribution in [3.8, 4) is 11.5 Å². The second-order valence-electron chi connectivity index (χ2n) is 7.38. The Morgan fingerprint density at radius 1 is 1.42 bits per heavy atom. The van der Waals surface area contributed by atoms with Crippen molar-refractivity contribution in [2.75, 3.05) is 5.32 Å². The van der Waals surface area contributed by atoms with Gasteiger partial charge in [0, 0.05) is 23.3 Å². The lowest BCUT2D eigenvalue weighted by Gasteiger charge is -2.53. The van der Waals surface area contributed by atoms with Gasteiger partial charge in [0.25, 0.3) is 0 Å². The van der Waals surface area contributed by atoms with E-state index in [1.54, 1.807) is 0 Å². The third-order valence-corrected chi connectivity index (χ3v) is 5.42. The van der Waals surface area contributed by atoms with E-state index in [0.29, 0.717) is 0 Å². The molecule has 0 saturated heterocycles. The molecule has 0 radical (unpaired) electrons. The average Bonchev–Trinajstić information content (AvgIpc) is 2.97. The molecule has 0 bridgehead atoms. The lowest BCUT2D eigenvalue weighted by molar-refractivity contribution is -0.137. The zero-order valence-electron chi connectivity index (χ0n) is 14.6. The van der Waals surface area contributed by atoms with Crippen LogP contribution in [0.4, 0.5) is 18.9 Å². The van der Waals surface area contributed by atoms with E-state index >= 15 is 0 Å². The summed E-state index contributed by atoms with van der Waals surface area (Å²) < 4.78 is 45.0. The van der Waals surface area contributed by atoms with Gasteiger partial charge in [-0.1, -0.05) is 13.8 Å². The monoisotopic (exact) mass is 370 g/mol. The predicted molar refractivity (Wildman–Crippen MR) is 90.5 cm³/mol. The van der Waals surface area contributed by atoms with Crippen molar-refractivity contribution < 1.29 is 17.6 Å². The fraction of sp³-hybridized carbons (Fsp3) is 0.529. The highest BCUT2D eigenvalue weighted by Crippen LogP contribution is 2.48. The molecular weight excluding hydrogens is 349 g/mol. The fourth-order valence-corrected chi connectivity index (χ4v) is 3.59. The first-order chi connectivity index (χ1) is 12.0. The maximum absolute atomic E-state index is 13.4. The van der Waals surface area contributed by atoms with E-state index in [-0.39, 0.29) is 40.6 Å². The number of nitrogens with zero attached hydrogens (tertiary/aromatic N) is 1. The number of anilines is 1. The van der Waals surface area contributed by atoms with Gasteiger partial charge in [0.1, 0.15) is 0 Å². The smallest absolute Gasteiger partial charge is 0.388 e. The number of H-pyrrole nitrogens is 1. The van der Waals surface area contributed by atoms with E-state index in [0.717, 1.165) is 12.5 Å². The molecule has 9 heteroatoms. The molecular formula is C17H21F3N4O2. The molecule has 26 heavy (non-hydrogen) atoms. The predicted octanol–water partition coefficient (Wildman–Crippen LogP) is 3.22. The highest BCUT2D eigenvalue weighted by atomic mass is 19.4. The summed E-state index contributed by atoms with van der Waals surface area (Å²) in [5.74, 6) is -0.691. The molecule has 0 amide bonds. The van der Waals surface area contributed by atoms with Gasteiger partial charge >= 0.3 is 11.9 Å². The van der Waals surface area contributed by atoms with Crippen molar-refractivity contribution in [2.24, 2.45) is 17.1 Å². The van der Waals surface area contributed by atoms with Crippen LogP contribution in [-0.4, -0.2) is 22.3 Å². The zero-order chi connectivity index (χ0) is 19.3. The van der Waals surface area contributed by atoms with Crippen LogP contribution in [0.15, 0.2) is 27.4 Å². The number of hydrogen-bond acceptors (Lipinski definition) is 5. The molecule has 0 aliphatic heterocycles. The van der Waals surface area contributed by atoms with Crippen molar-refractivity contribution in [2.45, 2.75) is 45.5 Å². The standard InChI is InChI=1S/C17H21F3N4O2/c1-8(11-7-13(21)16(11,2)3)22-12-6-9(14-23-24-15(25)26-14)4-5-10(12)17(18,19)20/h4-6,8,11,13,22H,7,21H2,1-3H3,(H,24,25)/t8-,11-,13-/m0/s1. The highest BCUT2D eigenvalue weighted by Gasteiger charge is 2.48. The van der Waals surface area contributed by atoms with Crippen LogP contribution in [0, 0.1) is 11.3 Å². The third-order valence-electron chi connectivity index (χ3n) is 5.42. The largest absolute Gasteiger partial charge is 0.434 e. The summed E-state index contributed by atoms with van der Waals surface area (Å²) in [4.78, 5) is 11.1. The van der Waals surface area contributed by atoms with E-state index in [4.69, 9.17) is 10.2 Å². The Hall–Kier alpha value is -2.29. The lowest BCUT2D eigenvalue weighted by atomic mass is 9.56. The summed E-state index contributed by atoms with van der Waals surface area (Å²) in [6, 6.07) is 3.29. The van der Waals surface area contributed by atoms with Gasteiger partial charge in [-0.3, -0.25) is 0 Å². The quantitative estimate of drug-likeness (QED) is 0.768. The molecule has 1 aromatic heterocycles. The Bertz CT molecular complexity index is 856. The molecule has 1 aliphatic carbocycles. The van der Waals surface area contributed by atoms with Crippen LogP contribution in [0.2, 0.25) is 0 Å². The minimum Gasteiger partial charge on any atom is -0.388 e. The van der Waals surface area contributed by atoms with Gasteiger partial charge in [-0.2, -0.15) is 13.2 Å². The first kappa shape index (κ1) is 18.5. The fourth-order valence-electron chi connectivity index (χ4n) is 3.59. The molecule has 2 aromatic rings. The Kier molecular flexibility index (Phi) is 4.38. The van der Waals surface area contributed by atoms with E-state index in [9.17, 15) is 18.0 Å². The Morgan fingerprint density at radius 3 is 2.62 bits per heavy atom. The normalized spacial score (nSPS) is 23.3. The van der Waals surface area contributed by atoms with Crippen LogP contribution in [0.25, 0.3) is 11.5 Å². The highest BCUT2D eigenvalue weighted by molar-refractivity contribution is 5.65. The topological polar surface area (TPSA) is 96.9 Å². The lowest BCUT2D eigenvalue weighted by Crippen LogP contribution is -2.59. The Morgan fingerprint density at radius 2 is 2.12 bits per heavy atom. The van der Waals surface area contributed by atoms with Gasteiger partial charge < -0.3 is 15.5 Å². The van der Waals surface area contributed by atoms with Crippen molar-refractivity contribution in [3.05, 3.63) is 34.3 Å². The molecule has 142 valence electrons. The number of alkyl halides is 3. The summed E-state index contributed by atoms with van der Waals surface area (Å²) >= 11 is 0. The summed E-state index contributed by atoms with van der Waals surface area (Å²) in [6.07, 6.45) is -3.77. The summed E-state index contributed by atoms with van der Waals surface area (Å²) in [7, 11) is 0. The summed E-state index contributed by atoms with van der Waals surface area (Å²) in [6.45, 7) is 5.88. The molecule has 0 spiro atoms. The van der Waals surface area contributed by atoms with Crippen LogP contribution in [0.1, 0.15) is 32.8 Å². The van der Waals surface area contributed by atoms with Crippen LogP contribution in [0.5, 0.6) is 0 Å². The molecule has 4 N–H and O–H groups in total. The second kappa shape index (κ2) is 6.15. The molecule has 1 aliphatic rings. The minimum atomic E-state index is -4.52. The molecule has 1 saturated carbocycles. The van der Waals surface area contributed by atoms with E-state index in [2.05, 4.69) is 15.5 Å². The average molecular weight is 370 g/mol. The zero-order valence-corrected chi connectivity index (χ0v) is 14.6. The van der Waals surface area contributed by atoms with Gasteiger partial charge in [0.2, 0.25) is 5.89 Å². The van der Waals surface area contributed by atoms with Crippen molar-refractivity contribution in [3.63, 3.8) is 0 Å². The molecule has 0 unspecified atom stereocenters. The molecule has 1 heterocycles. The molecule has 1 aromatic carbocycles. The Balaban J connectivity index is 1.94. The SMILES string of the molecule is C[C@H](Nc1cc(-c2n[nH]c(=O)o2)ccc1C(F)(F)F)[C@@H]1C[C@H](N)C1(C)C. The van der Waals surface area contributed by atoms with Gasteiger partial charge in [-0.05, 0) is 42.9 Å². The second-order valence-corrected chi connectivity index (χ2v) is 7.38. The molecule has 3 atom stereocenters. The van der Waals surface area contributed by atoms with E-state index in [1.807, 2.05) is 20.8 Å². The summed E-state index contributed by atoms with van der Waals surface area (Å²) in [5.41, 5.74) is 5.27. The van der Waals surface area contributed by atoms with Gasteiger partial charge in [-0.15, -0.1) is 5.10 Å². The maximum Gasteiger partial charge on any atom is 0.434 e. The van der Waals surface area contributed by atoms with Crippen molar-refractivity contribution >= 4 is 5.69 Å². The van der Waals surface area contributed by atoms with Gasteiger partial charge in [-0.25, -0.2) is 9.89 Å². The summed E-state index contributed by atoms with van der Waals surface area (Å²) in [5, 5.41) is 8.74. The maximum atomic E-state index is 13.4. The minimum absolute atomic E-state index is 0.0310. The number of halogens is 3.